The fourth-order valence-electron chi connectivity index (χ4n) is 1.84. The van der Waals surface area contributed by atoms with E-state index in [2.05, 4.69) is 13.5 Å². The topological polar surface area (TPSA) is 44.8 Å². The number of unbranched alkanes of at least 4 members (excludes halogenated alkanes) is 6. The second kappa shape index (κ2) is 14.9. The van der Waals surface area contributed by atoms with Crippen LogP contribution in [0.25, 0.3) is 0 Å². The first-order valence-corrected chi connectivity index (χ1v) is 7.98. The summed E-state index contributed by atoms with van der Waals surface area (Å²) in [6.45, 7) is 8.47. The van der Waals surface area contributed by atoms with E-state index in [1.54, 1.807) is 6.92 Å². The van der Waals surface area contributed by atoms with Crippen molar-refractivity contribution >= 4 is 5.97 Å². The highest BCUT2D eigenvalue weighted by molar-refractivity contribution is 5.86. The van der Waals surface area contributed by atoms with Gasteiger partial charge in [-0.25, -0.2) is 4.79 Å². The molecule has 0 amide bonds. The summed E-state index contributed by atoms with van der Waals surface area (Å²) in [7, 11) is 0. The van der Waals surface area contributed by atoms with Crippen molar-refractivity contribution in [2.45, 2.75) is 58.8 Å². The number of carbonyl (C=O) groups excluding carboxylic acids is 1. The number of esters is 1. The molecule has 0 saturated carbocycles. The van der Waals surface area contributed by atoms with Crippen molar-refractivity contribution in [1.82, 2.24) is 0 Å². The molecule has 0 rings (SSSR count). The van der Waals surface area contributed by atoms with E-state index in [-0.39, 0.29) is 5.76 Å². The summed E-state index contributed by atoms with van der Waals surface area (Å²) >= 11 is 0. The predicted molar refractivity (Wildman–Crippen MR) is 84.8 cm³/mol. The van der Waals surface area contributed by atoms with E-state index >= 15 is 0 Å². The van der Waals surface area contributed by atoms with Crippen molar-refractivity contribution in [2.75, 3.05) is 19.8 Å². The van der Waals surface area contributed by atoms with E-state index in [4.69, 9.17) is 14.2 Å². The maximum absolute atomic E-state index is 11.7. The van der Waals surface area contributed by atoms with Crippen LogP contribution in [0.3, 0.4) is 0 Å². The van der Waals surface area contributed by atoms with Crippen LogP contribution in [0.4, 0.5) is 0 Å². The van der Waals surface area contributed by atoms with Crippen molar-refractivity contribution in [3.63, 3.8) is 0 Å². The van der Waals surface area contributed by atoms with E-state index in [1.807, 2.05) is 6.08 Å². The first-order chi connectivity index (χ1) is 10.3. The number of hydrogen-bond acceptors (Lipinski definition) is 4. The summed E-state index contributed by atoms with van der Waals surface area (Å²) in [4.78, 5) is 11.7. The van der Waals surface area contributed by atoms with Crippen molar-refractivity contribution in [3.05, 3.63) is 24.7 Å². The molecular weight excluding hydrogens is 268 g/mol. The molecule has 0 fully saturated rings. The molecule has 4 heteroatoms. The van der Waals surface area contributed by atoms with Crippen molar-refractivity contribution in [3.8, 4) is 0 Å². The number of allylic oxidation sites excluding steroid dienone is 1. The van der Waals surface area contributed by atoms with Crippen LogP contribution >= 0.6 is 0 Å². The van der Waals surface area contributed by atoms with Gasteiger partial charge in [-0.15, -0.1) is 0 Å². The van der Waals surface area contributed by atoms with Gasteiger partial charge in [0.25, 0.3) is 0 Å². The summed E-state index contributed by atoms with van der Waals surface area (Å²) in [5, 5.41) is 0. The fourth-order valence-corrected chi connectivity index (χ4v) is 1.84. The Morgan fingerprint density at radius 1 is 1.00 bits per heavy atom. The number of hydrogen-bond donors (Lipinski definition) is 0. The molecule has 0 unspecified atom stereocenters. The van der Waals surface area contributed by atoms with Gasteiger partial charge in [0, 0.05) is 0 Å². The van der Waals surface area contributed by atoms with E-state index in [1.165, 1.54) is 38.4 Å². The van der Waals surface area contributed by atoms with Gasteiger partial charge in [-0.3, -0.25) is 0 Å². The van der Waals surface area contributed by atoms with Crippen LogP contribution in [0, 0.1) is 0 Å². The molecule has 0 aromatic heterocycles. The Morgan fingerprint density at radius 3 is 2.38 bits per heavy atom. The zero-order valence-corrected chi connectivity index (χ0v) is 13.6. The molecular formula is C17H30O4. The minimum Gasteiger partial charge on any atom is -0.498 e. The lowest BCUT2D eigenvalue weighted by Gasteiger charge is -2.09. The standard InChI is InChI=1S/C17H30O4/c1-4-7-8-9-10-11-12-13-16(17(18)20-6-3)21-15-14-19-5-2/h5,13H,2,4,6-12,14-15H2,1,3H3. The van der Waals surface area contributed by atoms with E-state index in [0.717, 1.165) is 12.8 Å². The van der Waals surface area contributed by atoms with Crippen LogP contribution in [0.1, 0.15) is 58.8 Å². The highest BCUT2D eigenvalue weighted by Gasteiger charge is 2.11. The van der Waals surface area contributed by atoms with Crippen LogP contribution < -0.4 is 0 Å². The van der Waals surface area contributed by atoms with Gasteiger partial charge in [0.1, 0.15) is 13.2 Å². The van der Waals surface area contributed by atoms with Gasteiger partial charge in [-0.1, -0.05) is 45.6 Å². The summed E-state index contributed by atoms with van der Waals surface area (Å²) in [6.07, 6.45) is 11.4. The highest BCUT2D eigenvalue weighted by atomic mass is 16.6. The lowest BCUT2D eigenvalue weighted by atomic mass is 10.1. The maximum atomic E-state index is 11.7. The lowest BCUT2D eigenvalue weighted by Crippen LogP contribution is -2.13. The third-order valence-corrected chi connectivity index (χ3v) is 2.94. The molecule has 0 spiro atoms. The molecule has 0 aliphatic heterocycles. The lowest BCUT2D eigenvalue weighted by molar-refractivity contribution is -0.142. The Hall–Kier alpha value is -1.45. The molecule has 0 bridgehead atoms. The second-order valence-corrected chi connectivity index (χ2v) is 4.73. The smallest absolute Gasteiger partial charge is 0.373 e. The number of rotatable bonds is 14. The molecule has 0 aromatic rings. The van der Waals surface area contributed by atoms with Gasteiger partial charge in [-0.2, -0.15) is 0 Å². The van der Waals surface area contributed by atoms with Crippen molar-refractivity contribution < 1.29 is 19.0 Å². The third-order valence-electron chi connectivity index (χ3n) is 2.94. The molecule has 0 atom stereocenters. The average molecular weight is 298 g/mol. The molecule has 0 heterocycles. The zero-order valence-electron chi connectivity index (χ0n) is 13.6. The van der Waals surface area contributed by atoms with E-state index in [0.29, 0.717) is 19.8 Å². The quantitative estimate of drug-likeness (QED) is 0.207. The Balaban J connectivity index is 4.02. The summed E-state index contributed by atoms with van der Waals surface area (Å²) < 4.78 is 15.4. The molecule has 21 heavy (non-hydrogen) atoms. The monoisotopic (exact) mass is 298 g/mol. The Morgan fingerprint density at radius 2 is 1.71 bits per heavy atom. The minimum absolute atomic E-state index is 0.290. The second-order valence-electron chi connectivity index (χ2n) is 4.73. The normalized spacial score (nSPS) is 11.0. The molecule has 0 aliphatic rings. The summed E-state index contributed by atoms with van der Waals surface area (Å²) in [5.74, 6) is -0.111. The molecule has 0 saturated heterocycles. The Bertz CT molecular complexity index is 297. The Labute approximate surface area is 129 Å². The van der Waals surface area contributed by atoms with Gasteiger partial charge in [0.15, 0.2) is 0 Å². The first-order valence-electron chi connectivity index (χ1n) is 7.98. The summed E-state index contributed by atoms with van der Waals surface area (Å²) in [5.41, 5.74) is 0. The number of ether oxygens (including phenoxy) is 3. The van der Waals surface area contributed by atoms with Crippen LogP contribution in [0.15, 0.2) is 24.7 Å². The van der Waals surface area contributed by atoms with Gasteiger partial charge in [-0.05, 0) is 25.8 Å². The molecule has 0 N–H and O–H groups in total. The number of carbonyl (C=O) groups is 1. The summed E-state index contributed by atoms with van der Waals surface area (Å²) in [6, 6.07) is 0. The van der Waals surface area contributed by atoms with Crippen LogP contribution in [-0.2, 0) is 19.0 Å². The van der Waals surface area contributed by atoms with E-state index < -0.39 is 5.97 Å². The van der Waals surface area contributed by atoms with Crippen LogP contribution in [0.2, 0.25) is 0 Å². The van der Waals surface area contributed by atoms with E-state index in [9.17, 15) is 4.79 Å². The zero-order chi connectivity index (χ0) is 15.8. The highest BCUT2D eigenvalue weighted by Crippen LogP contribution is 2.10. The van der Waals surface area contributed by atoms with Gasteiger partial charge in [0.2, 0.25) is 5.76 Å². The largest absolute Gasteiger partial charge is 0.498 e. The van der Waals surface area contributed by atoms with Crippen LogP contribution in [-0.4, -0.2) is 25.8 Å². The van der Waals surface area contributed by atoms with Crippen molar-refractivity contribution in [1.29, 1.82) is 0 Å². The molecule has 0 radical (unpaired) electrons. The maximum Gasteiger partial charge on any atom is 0.373 e. The molecule has 0 aromatic carbocycles. The molecule has 0 aliphatic carbocycles. The van der Waals surface area contributed by atoms with Crippen LogP contribution in [0.5, 0.6) is 0 Å². The van der Waals surface area contributed by atoms with Gasteiger partial charge < -0.3 is 14.2 Å². The SMILES string of the molecule is C=COCCOC(=CCCCCCCCC)C(=O)OCC. The van der Waals surface area contributed by atoms with Crippen molar-refractivity contribution in [2.24, 2.45) is 0 Å². The molecule has 4 nitrogen and oxygen atoms in total. The van der Waals surface area contributed by atoms with Gasteiger partial charge >= 0.3 is 5.97 Å². The average Bonchev–Trinajstić information content (AvgIpc) is 2.48. The minimum atomic E-state index is -0.401. The fraction of sp³-hybridized carbons (Fsp3) is 0.706. The van der Waals surface area contributed by atoms with Gasteiger partial charge in [0.05, 0.1) is 12.9 Å². The third kappa shape index (κ3) is 12.0. The first kappa shape index (κ1) is 19.6. The Kier molecular flexibility index (Phi) is 13.9. The molecule has 122 valence electrons. The predicted octanol–water partition coefficient (Wildman–Crippen LogP) is 4.36.